The van der Waals surface area contributed by atoms with Crippen LogP contribution < -0.4 is 33.3 Å². The average molecular weight is 476 g/mol. The Bertz CT molecular complexity index is 949. The van der Waals surface area contributed by atoms with Gasteiger partial charge in [-0.2, -0.15) is 0 Å². The first kappa shape index (κ1) is 19.9. The Labute approximate surface area is 177 Å². The Hall–Kier alpha value is -1.89. The monoisotopic (exact) mass is 476 g/mol. The van der Waals surface area contributed by atoms with E-state index in [1.165, 1.54) is 11.1 Å². The maximum absolute atomic E-state index is 12.3. The largest absolute Gasteiger partial charge is 1.00 e. The van der Waals surface area contributed by atoms with Crippen molar-refractivity contribution in [3.63, 3.8) is 0 Å². The van der Waals surface area contributed by atoms with Gasteiger partial charge in [0.05, 0.1) is 6.61 Å². The fourth-order valence-electron chi connectivity index (χ4n) is 3.67. The van der Waals surface area contributed by atoms with Gasteiger partial charge in [0.15, 0.2) is 16.8 Å². The van der Waals surface area contributed by atoms with Gasteiger partial charge < -0.3 is 28.7 Å². The third kappa shape index (κ3) is 4.34. The number of imidazole rings is 1. The zero-order valence-electron chi connectivity index (χ0n) is 15.7. The number of unbranched alkanes of at least 4 members (excludes halogenated alkanes) is 1. The quantitative estimate of drug-likeness (QED) is 0.372. The van der Waals surface area contributed by atoms with E-state index in [-0.39, 0.29) is 24.0 Å². The molecule has 0 spiro atoms. The van der Waals surface area contributed by atoms with Gasteiger partial charge in [0.2, 0.25) is 6.33 Å². The molecule has 3 aromatic rings. The van der Waals surface area contributed by atoms with Crippen LogP contribution in [0.3, 0.4) is 0 Å². The average Bonchev–Trinajstić information content (AvgIpc) is 3.25. The molecule has 0 aliphatic carbocycles. The Morgan fingerprint density at radius 3 is 2.93 bits per heavy atom. The Morgan fingerprint density at radius 2 is 2.07 bits per heavy atom. The molecule has 1 aliphatic heterocycles. The summed E-state index contributed by atoms with van der Waals surface area (Å²) in [7, 11) is 0. The maximum Gasteiger partial charge on any atom is 0.245 e. The van der Waals surface area contributed by atoms with E-state index in [0.717, 1.165) is 49.2 Å². The molecule has 0 bridgehead atoms. The molecular formula is C22H25IN2O2. The van der Waals surface area contributed by atoms with E-state index < -0.39 is 0 Å². The van der Waals surface area contributed by atoms with Gasteiger partial charge in [0, 0.05) is 12.8 Å². The van der Waals surface area contributed by atoms with Crippen LogP contribution in [0.15, 0.2) is 48.8 Å². The molecule has 2 aromatic carbocycles. The molecule has 0 saturated heterocycles. The summed E-state index contributed by atoms with van der Waals surface area (Å²) in [6.45, 7) is 4.15. The molecular weight excluding hydrogens is 451 g/mol. The van der Waals surface area contributed by atoms with Crippen molar-refractivity contribution in [2.75, 3.05) is 6.61 Å². The van der Waals surface area contributed by atoms with Gasteiger partial charge in [-0.25, -0.2) is 9.13 Å². The lowest BCUT2D eigenvalue weighted by molar-refractivity contribution is -0.663. The van der Waals surface area contributed by atoms with Crippen molar-refractivity contribution in [3.8, 4) is 5.75 Å². The Kier molecular flexibility index (Phi) is 6.52. The molecule has 0 amide bonds. The maximum atomic E-state index is 12.3. The fourth-order valence-corrected chi connectivity index (χ4v) is 3.67. The van der Waals surface area contributed by atoms with Crippen LogP contribution in [0.2, 0.25) is 0 Å². The van der Waals surface area contributed by atoms with Crippen LogP contribution in [-0.4, -0.2) is 17.0 Å². The molecule has 0 atom stereocenters. The minimum absolute atomic E-state index is 0. The van der Waals surface area contributed by atoms with Gasteiger partial charge in [0.25, 0.3) is 0 Å². The third-order valence-corrected chi connectivity index (χ3v) is 5.04. The van der Waals surface area contributed by atoms with Gasteiger partial charge in [-0.1, -0.05) is 31.5 Å². The Balaban J connectivity index is 0.00000210. The van der Waals surface area contributed by atoms with E-state index in [0.29, 0.717) is 18.7 Å². The van der Waals surface area contributed by atoms with Crippen molar-refractivity contribution in [2.24, 2.45) is 0 Å². The van der Waals surface area contributed by atoms with E-state index in [9.17, 15) is 4.79 Å². The topological polar surface area (TPSA) is 35.1 Å². The van der Waals surface area contributed by atoms with Crippen LogP contribution in [0.1, 0.15) is 37.3 Å². The molecule has 0 N–H and O–H groups in total. The number of ether oxygens (including phenoxy) is 1. The van der Waals surface area contributed by atoms with Gasteiger partial charge in [-0.15, -0.1) is 0 Å². The van der Waals surface area contributed by atoms with E-state index in [1.54, 1.807) is 0 Å². The Morgan fingerprint density at radius 1 is 1.22 bits per heavy atom. The minimum Gasteiger partial charge on any atom is -1.00 e. The van der Waals surface area contributed by atoms with Crippen molar-refractivity contribution in [1.29, 1.82) is 0 Å². The number of benzene rings is 2. The van der Waals surface area contributed by atoms with E-state index in [1.807, 2.05) is 6.07 Å². The van der Waals surface area contributed by atoms with Crippen molar-refractivity contribution < 1.29 is 38.1 Å². The SMILES string of the molecule is CCCCC(=O)Cn1c[n+](Cc2ccc3c(c2)CCO3)c2ccccc21.[I-]. The van der Waals surface area contributed by atoms with Crippen molar-refractivity contribution in [1.82, 2.24) is 4.57 Å². The number of halogens is 1. The van der Waals surface area contributed by atoms with Gasteiger partial charge >= 0.3 is 0 Å². The first-order valence-electron chi connectivity index (χ1n) is 9.48. The fraction of sp³-hybridized carbons (Fsp3) is 0.364. The minimum atomic E-state index is 0. The predicted molar refractivity (Wildman–Crippen MR) is 101 cm³/mol. The number of Topliss-reactive ketones (excluding diaryl/α,β-unsaturated/α-hetero) is 1. The number of carbonyl (C=O) groups excluding carboxylic acids is 1. The number of rotatable bonds is 7. The summed E-state index contributed by atoms with van der Waals surface area (Å²) in [5, 5.41) is 0. The lowest BCUT2D eigenvalue weighted by Gasteiger charge is -2.02. The summed E-state index contributed by atoms with van der Waals surface area (Å²) < 4.78 is 9.93. The van der Waals surface area contributed by atoms with E-state index in [2.05, 4.69) is 58.8 Å². The zero-order valence-corrected chi connectivity index (χ0v) is 17.8. The summed E-state index contributed by atoms with van der Waals surface area (Å²) in [5.74, 6) is 1.32. The van der Waals surface area contributed by atoms with Crippen LogP contribution in [-0.2, 0) is 24.3 Å². The number of aromatic nitrogens is 2. The molecule has 1 aliphatic rings. The second kappa shape index (κ2) is 8.87. The number of nitrogens with zero attached hydrogens (tertiary/aromatic N) is 2. The van der Waals surface area contributed by atoms with Gasteiger partial charge in [-0.05, 0) is 41.8 Å². The van der Waals surface area contributed by atoms with Crippen LogP contribution in [0.5, 0.6) is 5.75 Å². The lowest BCUT2D eigenvalue weighted by Crippen LogP contribution is -3.00. The molecule has 0 saturated carbocycles. The number of ketones is 1. The van der Waals surface area contributed by atoms with Crippen molar-refractivity contribution in [3.05, 3.63) is 59.9 Å². The first-order valence-corrected chi connectivity index (χ1v) is 9.48. The molecule has 5 heteroatoms. The highest BCUT2D eigenvalue weighted by Gasteiger charge is 2.19. The molecule has 142 valence electrons. The number of hydrogen-bond acceptors (Lipinski definition) is 2. The molecule has 2 heterocycles. The highest BCUT2D eigenvalue weighted by Crippen LogP contribution is 2.26. The third-order valence-electron chi connectivity index (χ3n) is 5.04. The van der Waals surface area contributed by atoms with Gasteiger partial charge in [-0.3, -0.25) is 4.79 Å². The van der Waals surface area contributed by atoms with E-state index in [4.69, 9.17) is 4.74 Å². The number of fused-ring (bicyclic) bond motifs is 2. The molecule has 0 radical (unpaired) electrons. The molecule has 1 aromatic heterocycles. The summed E-state index contributed by atoms with van der Waals surface area (Å²) >= 11 is 0. The first-order chi connectivity index (χ1) is 12.7. The second-order valence-electron chi connectivity index (χ2n) is 7.04. The van der Waals surface area contributed by atoms with Crippen LogP contribution in [0, 0.1) is 0 Å². The normalized spacial score (nSPS) is 12.5. The summed E-state index contributed by atoms with van der Waals surface area (Å²) in [4.78, 5) is 12.3. The molecule has 27 heavy (non-hydrogen) atoms. The number of carbonyl (C=O) groups is 1. The van der Waals surface area contributed by atoms with Crippen LogP contribution in [0.4, 0.5) is 0 Å². The predicted octanol–water partition coefficient (Wildman–Crippen LogP) is 0.675. The highest BCUT2D eigenvalue weighted by molar-refractivity contribution is 5.80. The van der Waals surface area contributed by atoms with Crippen LogP contribution in [0.25, 0.3) is 11.0 Å². The summed E-state index contributed by atoms with van der Waals surface area (Å²) in [6, 6.07) is 14.8. The smallest absolute Gasteiger partial charge is 0.245 e. The molecule has 4 rings (SSSR count). The van der Waals surface area contributed by atoms with Crippen molar-refractivity contribution in [2.45, 2.75) is 45.7 Å². The zero-order chi connectivity index (χ0) is 17.9. The summed E-state index contributed by atoms with van der Waals surface area (Å²) in [5.41, 5.74) is 4.83. The molecule has 0 unspecified atom stereocenters. The highest BCUT2D eigenvalue weighted by atomic mass is 127. The summed E-state index contributed by atoms with van der Waals surface area (Å²) in [6.07, 6.45) is 5.75. The lowest BCUT2D eigenvalue weighted by atomic mass is 10.1. The van der Waals surface area contributed by atoms with Crippen molar-refractivity contribution >= 4 is 16.8 Å². The standard InChI is InChI=1S/C22H25N2O2.HI/c1-2-3-6-19(25)15-24-16-23(20-7-4-5-8-21(20)24)14-17-9-10-22-18(13-17)11-12-26-22;/h4-5,7-10,13,16H,2-3,6,11-12,14-15H2,1H3;1H/q+1;/p-1. The molecule has 4 nitrogen and oxygen atoms in total. The molecule has 0 fully saturated rings. The number of hydrogen-bond donors (Lipinski definition) is 0. The van der Waals surface area contributed by atoms with Gasteiger partial charge in [0.1, 0.15) is 18.8 Å². The van der Waals surface area contributed by atoms with Crippen LogP contribution >= 0.6 is 0 Å². The second-order valence-corrected chi connectivity index (χ2v) is 7.04. The number of para-hydroxylation sites is 2. The van der Waals surface area contributed by atoms with E-state index >= 15 is 0 Å².